The summed E-state index contributed by atoms with van der Waals surface area (Å²) in [6.45, 7) is 7.50. The first kappa shape index (κ1) is 23.8. The number of benzene rings is 4. The van der Waals surface area contributed by atoms with Crippen molar-refractivity contribution in [3.63, 3.8) is 0 Å². The van der Waals surface area contributed by atoms with E-state index in [4.69, 9.17) is 5.73 Å². The van der Waals surface area contributed by atoms with Crippen LogP contribution in [-0.2, 0) is 12.0 Å². The lowest BCUT2D eigenvalue weighted by atomic mass is 9.80. The molecule has 2 heteroatoms. The Morgan fingerprint density at radius 3 is 2.33 bits per heavy atom. The van der Waals surface area contributed by atoms with Gasteiger partial charge >= 0.3 is 0 Å². The van der Waals surface area contributed by atoms with E-state index in [0.29, 0.717) is 6.54 Å². The zero-order chi connectivity index (χ0) is 25.1. The van der Waals surface area contributed by atoms with Gasteiger partial charge in [0.1, 0.15) is 0 Å². The number of fused-ring (bicyclic) bond motifs is 1. The molecule has 0 bridgehead atoms. The van der Waals surface area contributed by atoms with Crippen LogP contribution >= 0.6 is 0 Å². The molecule has 1 atom stereocenters. The standard InChI is InChI=1S/C34H34N2/c1-24(27-14-10-15-28(21-27)26-12-5-4-6-13-26)19-33-31(23-36-29-16-9-11-25(20-29)22-35)30-17-7-8-18-32(30)34(33,2)3/h4-21,23-24,36H,22,35H2,1-3H3/b31-23-,33-19+. The predicted octanol–water partition coefficient (Wildman–Crippen LogP) is 8.29. The summed E-state index contributed by atoms with van der Waals surface area (Å²) in [7, 11) is 0. The molecule has 4 aromatic rings. The van der Waals surface area contributed by atoms with Crippen LogP contribution in [0.15, 0.2) is 121 Å². The van der Waals surface area contributed by atoms with Gasteiger partial charge in [0.2, 0.25) is 0 Å². The van der Waals surface area contributed by atoms with Crippen LogP contribution in [0.5, 0.6) is 0 Å². The number of nitrogens with one attached hydrogen (secondary N) is 1. The lowest BCUT2D eigenvalue weighted by Gasteiger charge is -2.24. The Morgan fingerprint density at radius 2 is 1.53 bits per heavy atom. The van der Waals surface area contributed by atoms with Gasteiger partial charge in [-0.05, 0) is 57.0 Å². The zero-order valence-electron chi connectivity index (χ0n) is 21.3. The fourth-order valence-corrected chi connectivity index (χ4v) is 5.27. The molecule has 4 aromatic carbocycles. The van der Waals surface area contributed by atoms with Gasteiger partial charge in [0.15, 0.2) is 0 Å². The molecule has 0 amide bonds. The van der Waals surface area contributed by atoms with Crippen molar-refractivity contribution in [3.8, 4) is 11.1 Å². The van der Waals surface area contributed by atoms with E-state index in [2.05, 4.69) is 135 Å². The third-order valence-corrected chi connectivity index (χ3v) is 7.34. The highest BCUT2D eigenvalue weighted by Crippen LogP contribution is 2.50. The average molecular weight is 471 g/mol. The zero-order valence-corrected chi connectivity index (χ0v) is 21.3. The minimum absolute atomic E-state index is 0.0888. The number of hydrogen-bond donors (Lipinski definition) is 2. The molecule has 0 radical (unpaired) electrons. The summed E-state index contributed by atoms with van der Waals surface area (Å²) >= 11 is 0. The second kappa shape index (κ2) is 10.0. The van der Waals surface area contributed by atoms with Crippen molar-refractivity contribution in [2.45, 2.75) is 38.6 Å². The van der Waals surface area contributed by atoms with E-state index >= 15 is 0 Å². The van der Waals surface area contributed by atoms with E-state index < -0.39 is 0 Å². The molecule has 0 saturated carbocycles. The Morgan fingerprint density at radius 1 is 0.806 bits per heavy atom. The maximum absolute atomic E-state index is 5.86. The Balaban J connectivity index is 1.54. The van der Waals surface area contributed by atoms with Gasteiger partial charge in [-0.25, -0.2) is 0 Å². The summed E-state index contributed by atoms with van der Waals surface area (Å²) in [5.41, 5.74) is 17.0. The molecule has 1 aliphatic carbocycles. The molecule has 1 aliphatic rings. The largest absolute Gasteiger partial charge is 0.361 e. The highest BCUT2D eigenvalue weighted by Gasteiger charge is 2.38. The van der Waals surface area contributed by atoms with Crippen molar-refractivity contribution < 1.29 is 0 Å². The highest BCUT2D eigenvalue weighted by molar-refractivity contribution is 5.90. The number of hydrogen-bond acceptors (Lipinski definition) is 2. The lowest BCUT2D eigenvalue weighted by molar-refractivity contribution is 0.654. The van der Waals surface area contributed by atoms with Gasteiger partial charge in [-0.3, -0.25) is 0 Å². The van der Waals surface area contributed by atoms with Crippen LogP contribution in [-0.4, -0.2) is 0 Å². The minimum Gasteiger partial charge on any atom is -0.361 e. The first-order valence-electron chi connectivity index (χ1n) is 12.7. The van der Waals surface area contributed by atoms with Gasteiger partial charge in [0.25, 0.3) is 0 Å². The Kier molecular flexibility index (Phi) is 6.63. The summed E-state index contributed by atoms with van der Waals surface area (Å²) in [6.07, 6.45) is 4.62. The van der Waals surface area contributed by atoms with Crippen LogP contribution in [0, 0.1) is 0 Å². The molecule has 0 aromatic heterocycles. The van der Waals surface area contributed by atoms with Gasteiger partial charge in [-0.15, -0.1) is 0 Å². The van der Waals surface area contributed by atoms with Gasteiger partial charge in [0.05, 0.1) is 0 Å². The molecular formula is C34H34N2. The number of rotatable bonds is 6. The molecular weight excluding hydrogens is 436 g/mol. The van der Waals surface area contributed by atoms with Crippen LogP contribution in [0.4, 0.5) is 5.69 Å². The fourth-order valence-electron chi connectivity index (χ4n) is 5.27. The van der Waals surface area contributed by atoms with Crippen LogP contribution in [0.3, 0.4) is 0 Å². The second-order valence-corrected chi connectivity index (χ2v) is 10.1. The van der Waals surface area contributed by atoms with Crippen molar-refractivity contribution in [2.75, 3.05) is 5.32 Å². The fraction of sp³-hybridized carbons (Fsp3) is 0.176. The van der Waals surface area contributed by atoms with Gasteiger partial charge in [-0.1, -0.05) is 118 Å². The first-order valence-corrected chi connectivity index (χ1v) is 12.7. The summed E-state index contributed by atoms with van der Waals surface area (Å²) < 4.78 is 0. The number of anilines is 1. The van der Waals surface area contributed by atoms with Crippen molar-refractivity contribution in [2.24, 2.45) is 5.73 Å². The molecule has 3 N–H and O–H groups in total. The highest BCUT2D eigenvalue weighted by atomic mass is 14.8. The molecule has 36 heavy (non-hydrogen) atoms. The van der Waals surface area contributed by atoms with E-state index in [1.54, 1.807) is 0 Å². The normalized spacial score (nSPS) is 17.2. The van der Waals surface area contributed by atoms with E-state index in [-0.39, 0.29) is 11.3 Å². The molecule has 0 saturated heterocycles. The van der Waals surface area contributed by atoms with E-state index in [1.807, 2.05) is 6.07 Å². The summed E-state index contributed by atoms with van der Waals surface area (Å²) in [5.74, 6) is 0.265. The molecule has 0 aliphatic heterocycles. The van der Waals surface area contributed by atoms with Crippen LogP contribution in [0.2, 0.25) is 0 Å². The second-order valence-electron chi connectivity index (χ2n) is 10.1. The van der Waals surface area contributed by atoms with Crippen molar-refractivity contribution in [1.82, 2.24) is 0 Å². The molecule has 0 spiro atoms. The molecule has 2 nitrogen and oxygen atoms in total. The SMILES string of the molecule is CC(/C=C1\C(=C/Nc2cccc(CN)c2)c2ccccc2C1(C)C)c1cccc(-c2ccccc2)c1. The lowest BCUT2D eigenvalue weighted by Crippen LogP contribution is -2.16. The average Bonchev–Trinajstić information content (AvgIpc) is 3.14. The molecule has 0 heterocycles. The summed E-state index contributed by atoms with van der Waals surface area (Å²) in [4.78, 5) is 0. The molecule has 0 fully saturated rings. The minimum atomic E-state index is -0.0888. The smallest absolute Gasteiger partial charge is 0.0383 e. The molecule has 180 valence electrons. The van der Waals surface area contributed by atoms with Crippen LogP contribution in [0.1, 0.15) is 48.9 Å². The predicted molar refractivity (Wildman–Crippen MR) is 154 cm³/mol. The Bertz CT molecular complexity index is 1430. The molecule has 1 unspecified atom stereocenters. The topological polar surface area (TPSA) is 38.0 Å². The monoisotopic (exact) mass is 470 g/mol. The number of nitrogens with two attached hydrogens (primary N) is 1. The van der Waals surface area contributed by atoms with Crippen molar-refractivity contribution in [3.05, 3.63) is 143 Å². The van der Waals surface area contributed by atoms with E-state index in [9.17, 15) is 0 Å². The number of allylic oxidation sites excluding steroid dienone is 3. The van der Waals surface area contributed by atoms with E-state index in [0.717, 1.165) is 11.3 Å². The summed E-state index contributed by atoms with van der Waals surface area (Å²) in [5, 5.41) is 3.56. The van der Waals surface area contributed by atoms with E-state index in [1.165, 1.54) is 39.0 Å². The molecule has 5 rings (SSSR count). The van der Waals surface area contributed by atoms with Gasteiger partial charge in [-0.2, -0.15) is 0 Å². The maximum Gasteiger partial charge on any atom is 0.0383 e. The maximum atomic E-state index is 5.86. The third-order valence-electron chi connectivity index (χ3n) is 7.34. The summed E-state index contributed by atoms with van der Waals surface area (Å²) in [6, 6.07) is 36.6. The van der Waals surface area contributed by atoms with Crippen LogP contribution in [0.25, 0.3) is 16.7 Å². The van der Waals surface area contributed by atoms with Crippen molar-refractivity contribution >= 4 is 11.3 Å². The Labute approximate surface area is 215 Å². The van der Waals surface area contributed by atoms with Crippen LogP contribution < -0.4 is 11.1 Å². The quantitative estimate of drug-likeness (QED) is 0.297. The van der Waals surface area contributed by atoms with Gasteiger partial charge in [0, 0.05) is 29.4 Å². The third kappa shape index (κ3) is 4.65. The Hall–Kier alpha value is -3.88. The van der Waals surface area contributed by atoms with Gasteiger partial charge < -0.3 is 11.1 Å². The first-order chi connectivity index (χ1) is 17.5. The van der Waals surface area contributed by atoms with Crippen molar-refractivity contribution in [1.29, 1.82) is 0 Å².